The second-order valence-electron chi connectivity index (χ2n) is 4.78. The van der Waals surface area contributed by atoms with E-state index in [0.717, 1.165) is 15.8 Å². The zero-order valence-electron chi connectivity index (χ0n) is 12.0. The number of hydrogen-bond acceptors (Lipinski definition) is 2. The fourth-order valence-electron chi connectivity index (χ4n) is 1.89. The molecule has 116 valence electrons. The molecule has 2 aromatic carbocycles. The van der Waals surface area contributed by atoms with Crippen molar-refractivity contribution in [2.24, 2.45) is 0 Å². The van der Waals surface area contributed by atoms with Crippen LogP contribution in [0.5, 0.6) is 5.75 Å². The summed E-state index contributed by atoms with van der Waals surface area (Å²) in [6.07, 6.45) is 1.11. The first-order valence-electron chi connectivity index (χ1n) is 7.03. The minimum Gasteiger partial charge on any atom is -0.494 e. The number of benzene rings is 2. The molecule has 0 aliphatic heterocycles. The summed E-state index contributed by atoms with van der Waals surface area (Å²) in [5.41, 5.74) is 0.902. The summed E-state index contributed by atoms with van der Waals surface area (Å²) in [7, 11) is 0. The van der Waals surface area contributed by atoms with Crippen LogP contribution in [0.15, 0.2) is 53.0 Å². The summed E-state index contributed by atoms with van der Waals surface area (Å²) in [4.78, 5) is 11.8. The lowest BCUT2D eigenvalue weighted by Gasteiger charge is -2.08. The van der Waals surface area contributed by atoms with E-state index < -0.39 is 0 Å². The number of halogens is 2. The maximum absolute atomic E-state index is 11.8. The maximum atomic E-state index is 11.8. The molecule has 0 unspecified atom stereocenters. The molecule has 0 aliphatic rings. The smallest absolute Gasteiger partial charge is 0.220 e. The van der Waals surface area contributed by atoms with Crippen molar-refractivity contribution >= 4 is 33.4 Å². The van der Waals surface area contributed by atoms with Crippen molar-refractivity contribution in [1.82, 2.24) is 5.32 Å². The van der Waals surface area contributed by atoms with E-state index in [4.69, 9.17) is 16.3 Å². The highest BCUT2D eigenvalue weighted by Gasteiger charge is 2.05. The molecular formula is C17H17BrClNO2. The monoisotopic (exact) mass is 381 g/mol. The third-order valence-corrected chi connectivity index (χ3v) is 3.90. The lowest BCUT2D eigenvalue weighted by molar-refractivity contribution is -0.121. The third kappa shape index (κ3) is 5.70. The molecule has 5 heteroatoms. The quantitative estimate of drug-likeness (QED) is 0.712. The van der Waals surface area contributed by atoms with E-state index in [2.05, 4.69) is 21.2 Å². The van der Waals surface area contributed by atoms with Crippen molar-refractivity contribution in [3.63, 3.8) is 0 Å². The van der Waals surface area contributed by atoms with Gasteiger partial charge in [0.25, 0.3) is 0 Å². The Balaban J connectivity index is 1.65. The summed E-state index contributed by atoms with van der Waals surface area (Å²) < 4.78 is 6.47. The largest absolute Gasteiger partial charge is 0.494 e. The van der Waals surface area contributed by atoms with E-state index >= 15 is 0 Å². The van der Waals surface area contributed by atoms with Gasteiger partial charge in [0.1, 0.15) is 5.75 Å². The zero-order chi connectivity index (χ0) is 15.8. The van der Waals surface area contributed by atoms with Crippen LogP contribution in [0.25, 0.3) is 0 Å². The highest BCUT2D eigenvalue weighted by Crippen LogP contribution is 2.21. The van der Waals surface area contributed by atoms with Crippen LogP contribution in [0.4, 0.5) is 0 Å². The van der Waals surface area contributed by atoms with Crippen LogP contribution in [-0.2, 0) is 11.3 Å². The lowest BCUT2D eigenvalue weighted by Crippen LogP contribution is -2.23. The average Bonchev–Trinajstić information content (AvgIpc) is 2.52. The molecule has 1 N–H and O–H groups in total. The topological polar surface area (TPSA) is 38.3 Å². The minimum absolute atomic E-state index is 0.00403. The molecule has 0 aliphatic carbocycles. The van der Waals surface area contributed by atoms with Gasteiger partial charge in [-0.25, -0.2) is 0 Å². The standard InChI is InChI=1S/C17H17BrClNO2/c18-14-9-8-13(16(19)11-14)12-20-17(21)7-4-10-22-15-5-2-1-3-6-15/h1-3,5-6,8-9,11H,4,7,10,12H2,(H,20,21). The fourth-order valence-corrected chi connectivity index (χ4v) is 2.63. The molecule has 0 fully saturated rings. The van der Waals surface area contributed by atoms with Crippen LogP contribution in [0.2, 0.25) is 5.02 Å². The Morgan fingerprint density at radius 2 is 1.95 bits per heavy atom. The number of hydrogen-bond donors (Lipinski definition) is 1. The molecule has 1 amide bonds. The molecule has 0 aromatic heterocycles. The first-order chi connectivity index (χ1) is 10.6. The Bertz CT molecular complexity index is 619. The normalized spacial score (nSPS) is 10.3. The predicted octanol–water partition coefficient (Wildman–Crippen LogP) is 4.58. The van der Waals surface area contributed by atoms with Gasteiger partial charge in [-0.2, -0.15) is 0 Å². The van der Waals surface area contributed by atoms with Gasteiger partial charge in [-0.05, 0) is 36.2 Å². The Hall–Kier alpha value is -1.52. The van der Waals surface area contributed by atoms with Gasteiger partial charge in [0.2, 0.25) is 5.91 Å². The molecule has 22 heavy (non-hydrogen) atoms. The second kappa shape index (κ2) is 8.81. The van der Waals surface area contributed by atoms with Crippen LogP contribution in [0, 0.1) is 0 Å². The summed E-state index contributed by atoms with van der Waals surface area (Å²) in [5.74, 6) is 0.820. The van der Waals surface area contributed by atoms with Gasteiger partial charge >= 0.3 is 0 Å². The molecule has 2 aromatic rings. The van der Waals surface area contributed by atoms with Crippen LogP contribution in [0.1, 0.15) is 18.4 Å². The van der Waals surface area contributed by atoms with Crippen LogP contribution < -0.4 is 10.1 Å². The predicted molar refractivity (Wildman–Crippen MR) is 92.2 cm³/mol. The zero-order valence-corrected chi connectivity index (χ0v) is 14.4. The van der Waals surface area contributed by atoms with Gasteiger partial charge < -0.3 is 10.1 Å². The minimum atomic E-state index is -0.00403. The van der Waals surface area contributed by atoms with Gasteiger partial charge in [-0.1, -0.05) is 51.8 Å². The van der Waals surface area contributed by atoms with Crippen molar-refractivity contribution in [2.75, 3.05) is 6.61 Å². The number of rotatable bonds is 7. The number of ether oxygens (including phenoxy) is 1. The average molecular weight is 383 g/mol. The van der Waals surface area contributed by atoms with Crippen molar-refractivity contribution in [1.29, 1.82) is 0 Å². The summed E-state index contributed by atoms with van der Waals surface area (Å²) in [6.45, 7) is 0.959. The van der Waals surface area contributed by atoms with Crippen LogP contribution in [0.3, 0.4) is 0 Å². The number of para-hydroxylation sites is 1. The van der Waals surface area contributed by atoms with Gasteiger partial charge in [0.15, 0.2) is 0 Å². The Kier molecular flexibility index (Phi) is 6.74. The molecule has 0 bridgehead atoms. The van der Waals surface area contributed by atoms with Crippen molar-refractivity contribution in [2.45, 2.75) is 19.4 Å². The van der Waals surface area contributed by atoms with E-state index in [1.807, 2.05) is 48.5 Å². The van der Waals surface area contributed by atoms with Gasteiger partial charge in [-0.3, -0.25) is 4.79 Å². The molecule has 0 atom stereocenters. The first kappa shape index (κ1) is 16.8. The first-order valence-corrected chi connectivity index (χ1v) is 8.21. The van der Waals surface area contributed by atoms with Crippen LogP contribution >= 0.6 is 27.5 Å². The highest BCUT2D eigenvalue weighted by molar-refractivity contribution is 9.10. The highest BCUT2D eigenvalue weighted by atomic mass is 79.9. The number of carbonyl (C=O) groups excluding carboxylic acids is 1. The molecule has 0 spiro atoms. The van der Waals surface area contributed by atoms with Gasteiger partial charge in [-0.15, -0.1) is 0 Å². The van der Waals surface area contributed by atoms with E-state index in [1.54, 1.807) is 0 Å². The summed E-state index contributed by atoms with van der Waals surface area (Å²) >= 11 is 9.46. The van der Waals surface area contributed by atoms with Crippen molar-refractivity contribution < 1.29 is 9.53 Å². The maximum Gasteiger partial charge on any atom is 0.220 e. The molecule has 0 saturated carbocycles. The van der Waals surface area contributed by atoms with E-state index in [1.165, 1.54) is 0 Å². The molecule has 0 heterocycles. The SMILES string of the molecule is O=C(CCCOc1ccccc1)NCc1ccc(Br)cc1Cl. The molecule has 3 nitrogen and oxygen atoms in total. The number of amides is 1. The van der Waals surface area contributed by atoms with E-state index in [0.29, 0.717) is 31.0 Å². The van der Waals surface area contributed by atoms with Crippen LogP contribution in [-0.4, -0.2) is 12.5 Å². The number of carbonyl (C=O) groups is 1. The van der Waals surface area contributed by atoms with E-state index in [9.17, 15) is 4.79 Å². The molecule has 0 saturated heterocycles. The third-order valence-electron chi connectivity index (χ3n) is 3.05. The van der Waals surface area contributed by atoms with E-state index in [-0.39, 0.29) is 5.91 Å². The van der Waals surface area contributed by atoms with Gasteiger partial charge in [0, 0.05) is 22.5 Å². The molecular weight excluding hydrogens is 366 g/mol. The summed E-state index contributed by atoms with van der Waals surface area (Å²) in [6, 6.07) is 15.2. The Morgan fingerprint density at radius 3 is 2.68 bits per heavy atom. The second-order valence-corrected chi connectivity index (χ2v) is 6.10. The van der Waals surface area contributed by atoms with Crippen molar-refractivity contribution in [3.05, 3.63) is 63.6 Å². The fraction of sp³-hybridized carbons (Fsp3) is 0.235. The van der Waals surface area contributed by atoms with Gasteiger partial charge in [0.05, 0.1) is 6.61 Å². The summed E-state index contributed by atoms with van der Waals surface area (Å²) in [5, 5.41) is 3.50. The number of nitrogens with one attached hydrogen (secondary N) is 1. The molecule has 0 radical (unpaired) electrons. The Labute approximate surface area is 143 Å². The van der Waals surface area contributed by atoms with Crippen molar-refractivity contribution in [3.8, 4) is 5.75 Å². The lowest BCUT2D eigenvalue weighted by atomic mass is 10.2. The Morgan fingerprint density at radius 1 is 1.18 bits per heavy atom. The molecule has 2 rings (SSSR count).